The molecule has 37 heavy (non-hydrogen) atoms. The number of amides is 4. The fourth-order valence-electron chi connectivity index (χ4n) is 5.24. The molecule has 1 aliphatic carbocycles. The first kappa shape index (κ1) is 26.4. The molecule has 0 spiro atoms. The van der Waals surface area contributed by atoms with Gasteiger partial charge in [0.15, 0.2) is 0 Å². The zero-order valence-electron chi connectivity index (χ0n) is 21.2. The number of aromatic nitrogens is 1. The van der Waals surface area contributed by atoms with E-state index in [-0.39, 0.29) is 24.9 Å². The molecule has 4 amide bonds. The van der Waals surface area contributed by atoms with Gasteiger partial charge in [0.2, 0.25) is 17.6 Å². The highest BCUT2D eigenvalue weighted by molar-refractivity contribution is 6.38. The fourth-order valence-corrected chi connectivity index (χ4v) is 5.24. The van der Waals surface area contributed by atoms with Crippen molar-refractivity contribution in [3.05, 3.63) is 36.0 Å². The molecular formula is C27H35N5O5. The molecule has 2 atom stereocenters. The lowest BCUT2D eigenvalue weighted by molar-refractivity contribution is -0.141. The number of para-hydroxylation sites is 1. The number of ketones is 1. The van der Waals surface area contributed by atoms with E-state index in [4.69, 9.17) is 0 Å². The third-order valence-electron chi connectivity index (χ3n) is 7.33. The van der Waals surface area contributed by atoms with Gasteiger partial charge in [0.25, 0.3) is 11.8 Å². The topological polar surface area (TPSA) is 138 Å². The number of rotatable bonds is 9. The molecule has 0 radical (unpaired) electrons. The maximum absolute atomic E-state index is 13.1. The average Bonchev–Trinajstić information content (AvgIpc) is 3.24. The first-order valence-electron chi connectivity index (χ1n) is 13.1. The summed E-state index contributed by atoms with van der Waals surface area (Å²) in [5, 5.41) is 11.7. The number of hydrogen-bond acceptors (Lipinski definition) is 5. The minimum absolute atomic E-state index is 0.0334. The highest BCUT2D eigenvalue weighted by Crippen LogP contribution is 2.20. The van der Waals surface area contributed by atoms with Crippen LogP contribution in [0.3, 0.4) is 0 Å². The Morgan fingerprint density at radius 2 is 1.81 bits per heavy atom. The van der Waals surface area contributed by atoms with Crippen LogP contribution in [0.2, 0.25) is 0 Å². The Balaban J connectivity index is 1.39. The largest absolute Gasteiger partial charge is 0.356 e. The van der Waals surface area contributed by atoms with Gasteiger partial charge in [-0.15, -0.1) is 0 Å². The summed E-state index contributed by atoms with van der Waals surface area (Å²) in [6, 6.07) is 8.09. The van der Waals surface area contributed by atoms with Crippen molar-refractivity contribution in [1.82, 2.24) is 25.8 Å². The molecule has 1 aromatic carbocycles. The molecule has 198 valence electrons. The van der Waals surface area contributed by atoms with Gasteiger partial charge in [0, 0.05) is 36.5 Å². The predicted molar refractivity (Wildman–Crippen MR) is 138 cm³/mol. The van der Waals surface area contributed by atoms with Crippen molar-refractivity contribution >= 4 is 40.3 Å². The number of benzene rings is 1. The smallest absolute Gasteiger partial charge is 0.289 e. The quantitative estimate of drug-likeness (QED) is 0.378. The second-order valence-corrected chi connectivity index (χ2v) is 9.99. The summed E-state index contributed by atoms with van der Waals surface area (Å²) in [4.78, 5) is 63.7. The van der Waals surface area contributed by atoms with Gasteiger partial charge in [-0.05, 0) is 44.2 Å². The number of piperidine rings is 1. The number of nitrogens with zero attached hydrogens (tertiary/aromatic N) is 1. The maximum Gasteiger partial charge on any atom is 0.289 e. The van der Waals surface area contributed by atoms with Crippen molar-refractivity contribution in [2.75, 3.05) is 13.1 Å². The lowest BCUT2D eigenvalue weighted by Crippen LogP contribution is -2.53. The molecule has 1 saturated heterocycles. The van der Waals surface area contributed by atoms with Crippen LogP contribution in [-0.4, -0.2) is 59.2 Å². The molecule has 2 aliphatic rings. The Kier molecular flexibility index (Phi) is 8.58. The zero-order chi connectivity index (χ0) is 26.4. The van der Waals surface area contributed by atoms with Gasteiger partial charge in [0.05, 0.1) is 12.6 Å². The van der Waals surface area contributed by atoms with Crippen LogP contribution in [0.25, 0.3) is 10.9 Å². The minimum atomic E-state index is -1.15. The Labute approximate surface area is 215 Å². The van der Waals surface area contributed by atoms with E-state index in [1.807, 2.05) is 24.3 Å². The van der Waals surface area contributed by atoms with E-state index in [1.165, 1.54) is 0 Å². The van der Waals surface area contributed by atoms with E-state index in [0.717, 1.165) is 49.4 Å². The highest BCUT2D eigenvalue weighted by atomic mass is 16.2. The summed E-state index contributed by atoms with van der Waals surface area (Å²) < 4.78 is 1.74. The van der Waals surface area contributed by atoms with Crippen LogP contribution in [0.4, 0.5) is 0 Å². The number of aryl methyl sites for hydroxylation is 1. The van der Waals surface area contributed by atoms with Gasteiger partial charge in [-0.3, -0.25) is 24.0 Å². The van der Waals surface area contributed by atoms with Crippen molar-refractivity contribution < 1.29 is 24.0 Å². The molecule has 10 nitrogen and oxygen atoms in total. The summed E-state index contributed by atoms with van der Waals surface area (Å²) >= 11 is 0. The monoisotopic (exact) mass is 509 g/mol. The van der Waals surface area contributed by atoms with Crippen molar-refractivity contribution in [1.29, 1.82) is 0 Å². The molecule has 2 aromatic rings. The summed E-state index contributed by atoms with van der Waals surface area (Å²) in [5.41, 5.74) is 1.28. The summed E-state index contributed by atoms with van der Waals surface area (Å²) in [6.07, 6.45) is 6.12. The predicted octanol–water partition coefficient (Wildman–Crippen LogP) is 1.33. The third kappa shape index (κ3) is 6.55. The van der Waals surface area contributed by atoms with Gasteiger partial charge in [-0.2, -0.15) is 0 Å². The van der Waals surface area contributed by atoms with Crippen LogP contribution in [0.5, 0.6) is 0 Å². The molecule has 10 heteroatoms. The standard InChI is InChI=1S/C27H35N5O5/c1-32-21-12-6-5-8-17(21)15-22(32)26(36)29-16-23(33)31-20(14-18-9-7-13-28-25(18)35)24(34)27(37)30-19-10-3-2-4-11-19/h5-6,8,12,15,18-20H,2-4,7,9-11,13-14,16H2,1H3,(H,28,35)(H,29,36)(H,30,37)(H,31,33)/t18-,20?/m0/s1. The number of Topliss-reactive ketones (excluding diaryl/α,β-unsaturated/α-hetero) is 1. The normalized spacial score (nSPS) is 19.1. The number of nitrogens with one attached hydrogen (secondary N) is 4. The molecule has 1 aliphatic heterocycles. The Hall–Kier alpha value is -3.69. The molecule has 4 rings (SSSR count). The van der Waals surface area contributed by atoms with Gasteiger partial charge >= 0.3 is 0 Å². The number of carbonyl (C=O) groups excluding carboxylic acids is 5. The second kappa shape index (κ2) is 12.0. The van der Waals surface area contributed by atoms with Crippen LogP contribution < -0.4 is 21.3 Å². The number of hydrogen-bond donors (Lipinski definition) is 4. The minimum Gasteiger partial charge on any atom is -0.356 e. The SMILES string of the molecule is Cn1c(C(=O)NCC(=O)NC(C[C@@H]2CCCNC2=O)C(=O)C(=O)NC2CCCCC2)cc2ccccc21. The van der Waals surface area contributed by atoms with Crippen molar-refractivity contribution in [2.45, 2.75) is 63.5 Å². The molecule has 2 fully saturated rings. The molecule has 1 unspecified atom stereocenters. The van der Waals surface area contributed by atoms with Crippen LogP contribution in [-0.2, 0) is 26.2 Å². The number of carbonyl (C=O) groups is 5. The Morgan fingerprint density at radius 3 is 2.54 bits per heavy atom. The van der Waals surface area contributed by atoms with Gasteiger partial charge < -0.3 is 25.8 Å². The van der Waals surface area contributed by atoms with E-state index >= 15 is 0 Å². The summed E-state index contributed by atoms with van der Waals surface area (Å²) in [6.45, 7) is 0.202. The zero-order valence-corrected chi connectivity index (χ0v) is 21.2. The molecule has 0 bridgehead atoms. The molecular weight excluding hydrogens is 474 g/mol. The van der Waals surface area contributed by atoms with Gasteiger partial charge in [-0.25, -0.2) is 0 Å². The van der Waals surface area contributed by atoms with Crippen LogP contribution in [0.1, 0.15) is 61.9 Å². The third-order valence-corrected chi connectivity index (χ3v) is 7.33. The van der Waals surface area contributed by atoms with Gasteiger partial charge in [0.1, 0.15) is 5.69 Å². The first-order valence-corrected chi connectivity index (χ1v) is 13.1. The van der Waals surface area contributed by atoms with Crippen molar-refractivity contribution in [3.8, 4) is 0 Å². The van der Waals surface area contributed by atoms with Crippen molar-refractivity contribution in [2.24, 2.45) is 13.0 Å². The van der Waals surface area contributed by atoms with Crippen LogP contribution in [0.15, 0.2) is 30.3 Å². The van der Waals surface area contributed by atoms with E-state index < -0.39 is 35.5 Å². The lowest BCUT2D eigenvalue weighted by Gasteiger charge is -2.27. The maximum atomic E-state index is 13.1. The Bertz CT molecular complexity index is 1180. The molecule has 2 heterocycles. The second-order valence-electron chi connectivity index (χ2n) is 9.99. The molecule has 4 N–H and O–H groups in total. The van der Waals surface area contributed by atoms with Crippen LogP contribution >= 0.6 is 0 Å². The van der Waals surface area contributed by atoms with E-state index in [1.54, 1.807) is 17.7 Å². The van der Waals surface area contributed by atoms with E-state index in [0.29, 0.717) is 18.7 Å². The molecule has 1 saturated carbocycles. The van der Waals surface area contributed by atoms with Crippen LogP contribution in [0, 0.1) is 5.92 Å². The fraction of sp³-hybridized carbons (Fsp3) is 0.519. The van der Waals surface area contributed by atoms with E-state index in [2.05, 4.69) is 21.3 Å². The summed E-state index contributed by atoms with van der Waals surface area (Å²) in [5.74, 6) is -3.21. The lowest BCUT2D eigenvalue weighted by atomic mass is 9.89. The van der Waals surface area contributed by atoms with Gasteiger partial charge in [-0.1, -0.05) is 37.5 Å². The summed E-state index contributed by atoms with van der Waals surface area (Å²) in [7, 11) is 1.77. The Morgan fingerprint density at radius 1 is 1.05 bits per heavy atom. The van der Waals surface area contributed by atoms with Crippen molar-refractivity contribution in [3.63, 3.8) is 0 Å². The molecule has 1 aromatic heterocycles. The highest BCUT2D eigenvalue weighted by Gasteiger charge is 2.34. The average molecular weight is 510 g/mol. The van der Waals surface area contributed by atoms with E-state index in [9.17, 15) is 24.0 Å². The number of fused-ring (bicyclic) bond motifs is 1. The first-order chi connectivity index (χ1) is 17.8.